The maximum absolute atomic E-state index is 12.6. The number of nitrogens with zero attached hydrogens (tertiary/aromatic N) is 2. The first-order valence-electron chi connectivity index (χ1n) is 8.10. The third-order valence-electron chi connectivity index (χ3n) is 4.36. The van der Waals surface area contributed by atoms with E-state index < -0.39 is 10.0 Å². The molecule has 1 N–H and O–H groups in total. The molecule has 3 aromatic rings. The molecule has 0 unspecified atom stereocenters. The standard InChI is InChI=1S/C18H17N3O3S2/c1-11-3-5-14-16(9-11)25-18(19-14)20-17(22)13-4-6-15-12(10-13)7-8-21(15)26(2,23)24/h3-6,9-10H,7-8H2,1-2H3,(H,19,20,22). The number of fused-ring (bicyclic) bond motifs is 2. The zero-order valence-electron chi connectivity index (χ0n) is 14.3. The Kier molecular flexibility index (Phi) is 3.96. The van der Waals surface area contributed by atoms with Gasteiger partial charge in [0.15, 0.2) is 5.13 Å². The monoisotopic (exact) mass is 387 g/mol. The molecular formula is C18H17N3O3S2. The van der Waals surface area contributed by atoms with Crippen molar-refractivity contribution >= 4 is 48.3 Å². The molecule has 26 heavy (non-hydrogen) atoms. The fraction of sp³-hybridized carbons (Fsp3) is 0.222. The largest absolute Gasteiger partial charge is 0.298 e. The summed E-state index contributed by atoms with van der Waals surface area (Å²) >= 11 is 1.43. The van der Waals surface area contributed by atoms with Gasteiger partial charge in [-0.2, -0.15) is 0 Å². The van der Waals surface area contributed by atoms with Gasteiger partial charge in [0.1, 0.15) is 0 Å². The summed E-state index contributed by atoms with van der Waals surface area (Å²) in [7, 11) is -3.29. The summed E-state index contributed by atoms with van der Waals surface area (Å²) in [6.45, 7) is 2.43. The lowest BCUT2D eigenvalue weighted by molar-refractivity contribution is 0.102. The Labute approximate surface area is 155 Å². The Morgan fingerprint density at radius 2 is 2.04 bits per heavy atom. The summed E-state index contributed by atoms with van der Waals surface area (Å²) in [5, 5.41) is 3.39. The highest BCUT2D eigenvalue weighted by Crippen LogP contribution is 2.31. The summed E-state index contributed by atoms with van der Waals surface area (Å²) in [6, 6.07) is 11.1. The van der Waals surface area contributed by atoms with Crippen LogP contribution in [0.1, 0.15) is 21.5 Å². The SMILES string of the molecule is Cc1ccc2nc(NC(=O)c3ccc4c(c3)CCN4S(C)(=O)=O)sc2c1. The quantitative estimate of drug-likeness (QED) is 0.749. The zero-order chi connectivity index (χ0) is 18.5. The van der Waals surface area contributed by atoms with Crippen molar-refractivity contribution in [2.75, 3.05) is 22.4 Å². The molecule has 0 atom stereocenters. The molecule has 0 aliphatic carbocycles. The average Bonchev–Trinajstić information content (AvgIpc) is 3.16. The van der Waals surface area contributed by atoms with Crippen molar-refractivity contribution in [3.63, 3.8) is 0 Å². The lowest BCUT2D eigenvalue weighted by Crippen LogP contribution is -2.27. The van der Waals surface area contributed by atoms with Gasteiger partial charge in [0, 0.05) is 12.1 Å². The van der Waals surface area contributed by atoms with E-state index in [1.165, 1.54) is 21.9 Å². The van der Waals surface area contributed by atoms with Crippen LogP contribution >= 0.6 is 11.3 Å². The minimum absolute atomic E-state index is 0.249. The van der Waals surface area contributed by atoms with Crippen LogP contribution in [0.15, 0.2) is 36.4 Å². The van der Waals surface area contributed by atoms with E-state index in [1.54, 1.807) is 18.2 Å². The topological polar surface area (TPSA) is 79.4 Å². The molecule has 6 nitrogen and oxygen atoms in total. The van der Waals surface area contributed by atoms with Gasteiger partial charge in [-0.3, -0.25) is 14.4 Å². The highest BCUT2D eigenvalue weighted by molar-refractivity contribution is 7.92. The number of amides is 1. The van der Waals surface area contributed by atoms with Crippen LogP contribution in [-0.2, 0) is 16.4 Å². The van der Waals surface area contributed by atoms with Crippen molar-refractivity contribution in [2.45, 2.75) is 13.3 Å². The first-order valence-corrected chi connectivity index (χ1v) is 10.8. The highest BCUT2D eigenvalue weighted by atomic mass is 32.2. The van der Waals surface area contributed by atoms with E-state index in [2.05, 4.69) is 10.3 Å². The van der Waals surface area contributed by atoms with E-state index in [4.69, 9.17) is 0 Å². The number of thiazole rings is 1. The van der Waals surface area contributed by atoms with Crippen molar-refractivity contribution in [2.24, 2.45) is 0 Å². The van der Waals surface area contributed by atoms with Crippen LogP contribution in [0.5, 0.6) is 0 Å². The van der Waals surface area contributed by atoms with E-state index in [-0.39, 0.29) is 5.91 Å². The van der Waals surface area contributed by atoms with Gasteiger partial charge in [0.25, 0.3) is 5.91 Å². The summed E-state index contributed by atoms with van der Waals surface area (Å²) in [5.41, 5.74) is 4.01. The number of hydrogen-bond acceptors (Lipinski definition) is 5. The van der Waals surface area contributed by atoms with Crippen molar-refractivity contribution in [1.29, 1.82) is 0 Å². The average molecular weight is 387 g/mol. The Morgan fingerprint density at radius 3 is 2.81 bits per heavy atom. The molecule has 4 rings (SSSR count). The van der Waals surface area contributed by atoms with Gasteiger partial charge in [0.2, 0.25) is 10.0 Å². The molecular weight excluding hydrogens is 370 g/mol. The maximum atomic E-state index is 12.6. The predicted molar refractivity (Wildman–Crippen MR) is 105 cm³/mol. The molecule has 0 bridgehead atoms. The Morgan fingerprint density at radius 1 is 1.23 bits per heavy atom. The lowest BCUT2D eigenvalue weighted by atomic mass is 10.1. The predicted octanol–water partition coefficient (Wildman–Crippen LogP) is 3.18. The third kappa shape index (κ3) is 3.06. The normalized spacial score (nSPS) is 13.8. The van der Waals surface area contributed by atoms with Crippen LogP contribution < -0.4 is 9.62 Å². The molecule has 0 spiro atoms. The van der Waals surface area contributed by atoms with Crippen molar-refractivity contribution in [1.82, 2.24) is 4.98 Å². The van der Waals surface area contributed by atoms with Crippen LogP contribution in [-0.4, -0.2) is 32.1 Å². The number of carbonyl (C=O) groups is 1. The second kappa shape index (κ2) is 6.07. The number of benzene rings is 2. The van der Waals surface area contributed by atoms with Gasteiger partial charge in [-0.25, -0.2) is 13.4 Å². The van der Waals surface area contributed by atoms with E-state index in [0.29, 0.717) is 29.3 Å². The van der Waals surface area contributed by atoms with E-state index in [9.17, 15) is 13.2 Å². The first kappa shape index (κ1) is 17.0. The third-order valence-corrected chi connectivity index (χ3v) is 6.47. The summed E-state index contributed by atoms with van der Waals surface area (Å²) < 4.78 is 26.0. The number of carbonyl (C=O) groups excluding carboxylic acids is 1. The molecule has 0 fully saturated rings. The van der Waals surface area contributed by atoms with Crippen LogP contribution in [0, 0.1) is 6.92 Å². The molecule has 0 saturated carbocycles. The summed E-state index contributed by atoms with van der Waals surface area (Å²) in [6.07, 6.45) is 1.79. The van der Waals surface area contributed by atoms with Gasteiger partial charge in [-0.05, 0) is 54.8 Å². The lowest BCUT2D eigenvalue weighted by Gasteiger charge is -2.16. The molecule has 1 amide bonds. The van der Waals surface area contributed by atoms with Crippen LogP contribution in [0.4, 0.5) is 10.8 Å². The molecule has 134 valence electrons. The zero-order valence-corrected chi connectivity index (χ0v) is 15.9. The molecule has 1 aliphatic rings. The number of sulfonamides is 1. The summed E-state index contributed by atoms with van der Waals surface area (Å²) in [5.74, 6) is -0.249. The molecule has 1 aromatic heterocycles. The molecule has 0 radical (unpaired) electrons. The minimum Gasteiger partial charge on any atom is -0.298 e. The van der Waals surface area contributed by atoms with Crippen molar-refractivity contribution < 1.29 is 13.2 Å². The maximum Gasteiger partial charge on any atom is 0.257 e. The van der Waals surface area contributed by atoms with E-state index in [1.807, 2.05) is 25.1 Å². The molecule has 8 heteroatoms. The van der Waals surface area contributed by atoms with Gasteiger partial charge in [0.05, 0.1) is 22.2 Å². The Bertz CT molecular complexity index is 1140. The van der Waals surface area contributed by atoms with Crippen molar-refractivity contribution in [3.8, 4) is 0 Å². The van der Waals surface area contributed by atoms with Gasteiger partial charge in [-0.15, -0.1) is 0 Å². The van der Waals surface area contributed by atoms with Crippen LogP contribution in [0.25, 0.3) is 10.2 Å². The van der Waals surface area contributed by atoms with Crippen molar-refractivity contribution in [3.05, 3.63) is 53.1 Å². The molecule has 1 aliphatic heterocycles. The smallest absolute Gasteiger partial charge is 0.257 e. The fourth-order valence-electron chi connectivity index (χ4n) is 3.11. The molecule has 0 saturated heterocycles. The number of hydrogen-bond donors (Lipinski definition) is 1. The summed E-state index contributed by atoms with van der Waals surface area (Å²) in [4.78, 5) is 17.0. The van der Waals surface area contributed by atoms with Gasteiger partial charge in [-0.1, -0.05) is 17.4 Å². The number of aryl methyl sites for hydroxylation is 1. The number of aromatic nitrogens is 1. The fourth-order valence-corrected chi connectivity index (χ4v) is 5.03. The molecule has 2 aromatic carbocycles. The second-order valence-electron chi connectivity index (χ2n) is 6.37. The van der Waals surface area contributed by atoms with Gasteiger partial charge >= 0.3 is 0 Å². The van der Waals surface area contributed by atoms with Crippen LogP contribution in [0.3, 0.4) is 0 Å². The van der Waals surface area contributed by atoms with Crippen LogP contribution in [0.2, 0.25) is 0 Å². The Balaban J connectivity index is 1.59. The molecule has 2 heterocycles. The van der Waals surface area contributed by atoms with Gasteiger partial charge < -0.3 is 0 Å². The number of rotatable bonds is 3. The Hall–Kier alpha value is -2.45. The second-order valence-corrected chi connectivity index (χ2v) is 9.31. The van der Waals surface area contributed by atoms with E-state index >= 15 is 0 Å². The number of anilines is 2. The highest BCUT2D eigenvalue weighted by Gasteiger charge is 2.26. The minimum atomic E-state index is -3.29. The van der Waals surface area contributed by atoms with E-state index in [0.717, 1.165) is 21.3 Å². The first-order chi connectivity index (χ1) is 12.3. The number of nitrogens with one attached hydrogen (secondary N) is 1.